The molecule has 0 amide bonds. The lowest BCUT2D eigenvalue weighted by Gasteiger charge is -2.43. The predicted molar refractivity (Wildman–Crippen MR) is 133 cm³/mol. The normalized spacial score (nSPS) is 18.6. The molecule has 0 radical (unpaired) electrons. The number of piperidine rings is 1. The second-order valence-electron chi connectivity index (χ2n) is 9.33. The van der Waals surface area contributed by atoms with Gasteiger partial charge < -0.3 is 30.8 Å². The lowest BCUT2D eigenvalue weighted by molar-refractivity contribution is -0.0530. The van der Waals surface area contributed by atoms with Gasteiger partial charge in [-0.1, -0.05) is 0 Å². The van der Waals surface area contributed by atoms with E-state index in [2.05, 4.69) is 24.9 Å². The van der Waals surface area contributed by atoms with Gasteiger partial charge in [-0.2, -0.15) is 0 Å². The van der Waals surface area contributed by atoms with Crippen LogP contribution in [-0.4, -0.2) is 72.9 Å². The first-order valence-electron chi connectivity index (χ1n) is 11.9. The fourth-order valence-corrected chi connectivity index (χ4v) is 4.76. The summed E-state index contributed by atoms with van der Waals surface area (Å²) in [5, 5.41) is 10.1. The standard InChI is InChI=1S/C24H25F4N9O2/c1-39-17-6-13(25)12(5-14(17)26)15-7-31-22(36-4-2-3-24(30,9-36)19(38)20(27)28)16(35-15)8-37-11-34-18-21(29)32-10-33-23(18)37/h5-7,10-11,19-20,38H,2-4,8-9,30H2,1H3,(H2,29,32,33)/t19-,24-/m1/s1. The van der Waals surface area contributed by atoms with Gasteiger partial charge in [0.15, 0.2) is 28.8 Å². The molecular formula is C24H25F4N9O2. The Labute approximate surface area is 219 Å². The molecule has 2 atom stereocenters. The number of aromatic nitrogens is 6. The number of aliphatic hydroxyl groups excluding tert-OH is 1. The lowest BCUT2D eigenvalue weighted by Crippen LogP contribution is -2.63. The first-order chi connectivity index (χ1) is 18.6. The SMILES string of the molecule is COc1cc(F)c(-c2cnc(N3CCC[C@](N)([C@H](O)C(F)F)C3)c(Cn3cnc4c(N)ncnc43)n2)cc1F. The highest BCUT2D eigenvalue weighted by atomic mass is 19.3. The summed E-state index contributed by atoms with van der Waals surface area (Å²) in [6.07, 6.45) is -0.513. The molecule has 4 aromatic rings. The summed E-state index contributed by atoms with van der Waals surface area (Å²) in [6, 6.07) is 1.86. The maximum Gasteiger partial charge on any atom is 0.265 e. The fraction of sp³-hybridized carbons (Fsp3) is 0.375. The summed E-state index contributed by atoms with van der Waals surface area (Å²) in [5.74, 6) is -1.41. The number of imidazole rings is 1. The molecule has 15 heteroatoms. The Bertz CT molecular complexity index is 1520. The number of nitrogen functional groups attached to an aromatic ring is 1. The largest absolute Gasteiger partial charge is 0.494 e. The number of benzene rings is 1. The van der Waals surface area contributed by atoms with E-state index in [9.17, 15) is 22.7 Å². The number of nitrogens with zero attached hydrogens (tertiary/aromatic N) is 7. The molecule has 1 saturated heterocycles. The number of hydrogen-bond donors (Lipinski definition) is 3. The highest BCUT2D eigenvalue weighted by Crippen LogP contribution is 2.33. The van der Waals surface area contributed by atoms with Gasteiger partial charge in [0, 0.05) is 24.7 Å². The molecule has 0 saturated carbocycles. The van der Waals surface area contributed by atoms with Crippen LogP contribution in [-0.2, 0) is 6.54 Å². The van der Waals surface area contributed by atoms with Gasteiger partial charge in [0.2, 0.25) is 0 Å². The number of hydrogen-bond acceptors (Lipinski definition) is 10. The van der Waals surface area contributed by atoms with Crippen molar-refractivity contribution in [1.82, 2.24) is 29.5 Å². The van der Waals surface area contributed by atoms with E-state index in [4.69, 9.17) is 16.2 Å². The topological polar surface area (TPSA) is 154 Å². The van der Waals surface area contributed by atoms with Crippen molar-refractivity contribution in [3.05, 3.63) is 48.3 Å². The highest BCUT2D eigenvalue weighted by molar-refractivity contribution is 5.81. The number of aliphatic hydroxyl groups is 1. The molecule has 4 heterocycles. The van der Waals surface area contributed by atoms with Gasteiger partial charge in [-0.3, -0.25) is 0 Å². The summed E-state index contributed by atoms with van der Waals surface area (Å²) >= 11 is 0. The zero-order valence-corrected chi connectivity index (χ0v) is 20.7. The minimum absolute atomic E-state index is 0.00878. The molecule has 5 rings (SSSR count). The molecule has 5 N–H and O–H groups in total. The third-order valence-electron chi connectivity index (χ3n) is 6.77. The zero-order chi connectivity index (χ0) is 27.9. The van der Waals surface area contributed by atoms with Crippen LogP contribution in [0, 0.1) is 11.6 Å². The van der Waals surface area contributed by atoms with Crippen LogP contribution in [0.15, 0.2) is 31.0 Å². The van der Waals surface area contributed by atoms with Crippen LogP contribution in [0.5, 0.6) is 5.75 Å². The van der Waals surface area contributed by atoms with Crippen molar-refractivity contribution in [2.75, 3.05) is 30.8 Å². The van der Waals surface area contributed by atoms with Crippen LogP contribution in [0.1, 0.15) is 18.5 Å². The number of rotatable bonds is 7. The van der Waals surface area contributed by atoms with Gasteiger partial charge in [0.05, 0.1) is 37.4 Å². The smallest absolute Gasteiger partial charge is 0.265 e. The van der Waals surface area contributed by atoms with E-state index in [1.165, 1.54) is 26.0 Å². The Morgan fingerprint density at radius 3 is 2.69 bits per heavy atom. The average molecular weight is 548 g/mol. The van der Waals surface area contributed by atoms with Crippen molar-refractivity contribution in [2.24, 2.45) is 5.73 Å². The number of fused-ring (bicyclic) bond motifs is 1. The number of nitrogens with two attached hydrogens (primary N) is 2. The maximum atomic E-state index is 14.9. The second-order valence-corrected chi connectivity index (χ2v) is 9.33. The fourth-order valence-electron chi connectivity index (χ4n) is 4.76. The number of halogens is 4. The molecular weight excluding hydrogens is 522 g/mol. The highest BCUT2D eigenvalue weighted by Gasteiger charge is 2.43. The van der Waals surface area contributed by atoms with Gasteiger partial charge in [0.1, 0.15) is 29.5 Å². The van der Waals surface area contributed by atoms with E-state index in [1.54, 1.807) is 9.47 Å². The van der Waals surface area contributed by atoms with Crippen LogP contribution in [0.4, 0.5) is 29.2 Å². The molecule has 206 valence electrons. The summed E-state index contributed by atoms with van der Waals surface area (Å²) in [4.78, 5) is 23.1. The van der Waals surface area contributed by atoms with Gasteiger partial charge in [0.25, 0.3) is 6.43 Å². The second kappa shape index (κ2) is 10.2. The molecule has 0 unspecified atom stereocenters. The van der Waals surface area contributed by atoms with E-state index < -0.39 is 29.7 Å². The van der Waals surface area contributed by atoms with Crippen LogP contribution >= 0.6 is 0 Å². The van der Waals surface area contributed by atoms with Gasteiger partial charge in [-0.05, 0) is 18.9 Å². The van der Waals surface area contributed by atoms with Crippen LogP contribution in [0.3, 0.4) is 0 Å². The molecule has 1 fully saturated rings. The average Bonchev–Trinajstić information content (AvgIpc) is 3.33. The Balaban J connectivity index is 1.60. The maximum absolute atomic E-state index is 14.9. The molecule has 1 aliphatic heterocycles. The minimum atomic E-state index is -3.03. The van der Waals surface area contributed by atoms with E-state index in [-0.39, 0.29) is 53.8 Å². The molecule has 3 aromatic heterocycles. The van der Waals surface area contributed by atoms with Crippen molar-refractivity contribution in [2.45, 2.75) is 37.5 Å². The third kappa shape index (κ3) is 4.90. The molecule has 1 aromatic carbocycles. The van der Waals surface area contributed by atoms with E-state index in [1.807, 2.05) is 0 Å². The van der Waals surface area contributed by atoms with Crippen molar-refractivity contribution in [3.63, 3.8) is 0 Å². The minimum Gasteiger partial charge on any atom is -0.494 e. The molecule has 0 aliphatic carbocycles. The van der Waals surface area contributed by atoms with E-state index >= 15 is 0 Å². The number of anilines is 2. The Morgan fingerprint density at radius 2 is 1.95 bits per heavy atom. The van der Waals surface area contributed by atoms with Crippen LogP contribution < -0.4 is 21.1 Å². The summed E-state index contributed by atoms with van der Waals surface area (Å²) < 4.78 is 62.6. The van der Waals surface area contributed by atoms with Crippen LogP contribution in [0.2, 0.25) is 0 Å². The van der Waals surface area contributed by atoms with E-state index in [0.717, 1.165) is 12.1 Å². The molecule has 0 spiro atoms. The molecule has 11 nitrogen and oxygen atoms in total. The number of ether oxygens (including phenoxy) is 1. The first kappa shape index (κ1) is 26.5. The summed E-state index contributed by atoms with van der Waals surface area (Å²) in [6.45, 7) is 0.265. The summed E-state index contributed by atoms with van der Waals surface area (Å²) in [5.41, 5.74) is 11.4. The third-order valence-corrected chi connectivity index (χ3v) is 6.77. The van der Waals surface area contributed by atoms with Crippen LogP contribution in [0.25, 0.3) is 22.4 Å². The number of methoxy groups -OCH3 is 1. The zero-order valence-electron chi connectivity index (χ0n) is 20.7. The van der Waals surface area contributed by atoms with Crippen molar-refractivity contribution >= 4 is 22.8 Å². The molecule has 39 heavy (non-hydrogen) atoms. The van der Waals surface area contributed by atoms with Gasteiger partial charge in [-0.15, -0.1) is 0 Å². The summed E-state index contributed by atoms with van der Waals surface area (Å²) in [7, 11) is 1.22. The Kier molecular flexibility index (Phi) is 6.94. The molecule has 0 bridgehead atoms. The lowest BCUT2D eigenvalue weighted by atomic mass is 9.84. The monoisotopic (exact) mass is 547 g/mol. The predicted octanol–water partition coefficient (Wildman–Crippen LogP) is 2.12. The Morgan fingerprint density at radius 1 is 1.15 bits per heavy atom. The van der Waals surface area contributed by atoms with Crippen molar-refractivity contribution < 1.29 is 27.4 Å². The van der Waals surface area contributed by atoms with Gasteiger partial charge >= 0.3 is 0 Å². The van der Waals surface area contributed by atoms with Crippen molar-refractivity contribution in [3.8, 4) is 17.0 Å². The first-order valence-corrected chi connectivity index (χ1v) is 11.9. The van der Waals surface area contributed by atoms with E-state index in [0.29, 0.717) is 24.1 Å². The quantitative estimate of drug-likeness (QED) is 0.293. The molecule has 1 aliphatic rings. The van der Waals surface area contributed by atoms with Crippen molar-refractivity contribution in [1.29, 1.82) is 0 Å². The number of alkyl halides is 2. The Hall–Kier alpha value is -4.11. The van der Waals surface area contributed by atoms with Gasteiger partial charge in [-0.25, -0.2) is 42.5 Å².